The minimum Gasteiger partial charge on any atom is -0.399 e. The van der Waals surface area contributed by atoms with Gasteiger partial charge in [0.15, 0.2) is 0 Å². The standard InChI is InChI=1S/C11H7ClN2S/c12-11-9-5-15-4-8(9)7-2-1-6(13)3-10(7)14-11/h1-5H,13H2. The average molecular weight is 235 g/mol. The molecule has 0 radical (unpaired) electrons. The van der Waals surface area contributed by atoms with Crippen molar-refractivity contribution in [3.63, 3.8) is 0 Å². The summed E-state index contributed by atoms with van der Waals surface area (Å²) in [7, 11) is 0. The van der Waals surface area contributed by atoms with E-state index in [0.717, 1.165) is 21.7 Å². The number of pyridine rings is 1. The van der Waals surface area contributed by atoms with E-state index in [1.165, 1.54) is 0 Å². The number of rotatable bonds is 0. The van der Waals surface area contributed by atoms with Crippen LogP contribution in [0.5, 0.6) is 0 Å². The van der Waals surface area contributed by atoms with Crippen molar-refractivity contribution in [2.45, 2.75) is 0 Å². The van der Waals surface area contributed by atoms with Gasteiger partial charge < -0.3 is 5.73 Å². The fourth-order valence-corrected chi connectivity index (χ4v) is 2.85. The summed E-state index contributed by atoms with van der Waals surface area (Å²) >= 11 is 7.71. The van der Waals surface area contributed by atoms with Crippen molar-refractivity contribution >= 4 is 50.3 Å². The molecular formula is C11H7ClN2S. The van der Waals surface area contributed by atoms with Crippen LogP contribution < -0.4 is 5.73 Å². The summed E-state index contributed by atoms with van der Waals surface area (Å²) in [5.74, 6) is 0. The Labute approximate surface area is 95.3 Å². The molecule has 3 rings (SSSR count). The van der Waals surface area contributed by atoms with Gasteiger partial charge in [0.25, 0.3) is 0 Å². The zero-order valence-electron chi connectivity index (χ0n) is 7.70. The highest BCUT2D eigenvalue weighted by atomic mass is 35.5. The number of nitrogens with two attached hydrogens (primary N) is 1. The van der Waals surface area contributed by atoms with E-state index in [4.69, 9.17) is 17.3 Å². The maximum absolute atomic E-state index is 6.08. The number of benzene rings is 1. The van der Waals surface area contributed by atoms with E-state index in [1.54, 1.807) is 11.3 Å². The maximum atomic E-state index is 6.08. The molecule has 0 aliphatic heterocycles. The van der Waals surface area contributed by atoms with Gasteiger partial charge in [-0.25, -0.2) is 4.98 Å². The van der Waals surface area contributed by atoms with Crippen LogP contribution in [0.2, 0.25) is 5.15 Å². The molecule has 74 valence electrons. The molecule has 0 amide bonds. The molecule has 2 nitrogen and oxygen atoms in total. The van der Waals surface area contributed by atoms with E-state index >= 15 is 0 Å². The highest BCUT2D eigenvalue weighted by Gasteiger charge is 2.07. The van der Waals surface area contributed by atoms with Crippen molar-refractivity contribution in [1.82, 2.24) is 4.98 Å². The zero-order valence-corrected chi connectivity index (χ0v) is 9.27. The highest BCUT2D eigenvalue weighted by molar-refractivity contribution is 7.09. The molecule has 2 N–H and O–H groups in total. The van der Waals surface area contributed by atoms with Crippen LogP contribution in [0, 0.1) is 0 Å². The third kappa shape index (κ3) is 1.28. The number of anilines is 1. The molecule has 1 aromatic carbocycles. The van der Waals surface area contributed by atoms with Crippen LogP contribution >= 0.6 is 22.9 Å². The number of nitrogens with zero attached hydrogens (tertiary/aromatic N) is 1. The van der Waals surface area contributed by atoms with Gasteiger partial charge in [0.2, 0.25) is 0 Å². The van der Waals surface area contributed by atoms with Crippen LogP contribution in [0.1, 0.15) is 0 Å². The first kappa shape index (κ1) is 8.95. The van der Waals surface area contributed by atoms with Crippen LogP contribution in [0.4, 0.5) is 5.69 Å². The summed E-state index contributed by atoms with van der Waals surface area (Å²) in [6.07, 6.45) is 0. The van der Waals surface area contributed by atoms with Gasteiger partial charge >= 0.3 is 0 Å². The summed E-state index contributed by atoms with van der Waals surface area (Å²) in [6.45, 7) is 0. The van der Waals surface area contributed by atoms with Crippen molar-refractivity contribution in [3.05, 3.63) is 34.1 Å². The molecule has 0 saturated heterocycles. The molecular weight excluding hydrogens is 228 g/mol. The number of fused-ring (bicyclic) bond motifs is 3. The molecule has 0 unspecified atom stereocenters. The second-order valence-corrected chi connectivity index (χ2v) is 4.48. The summed E-state index contributed by atoms with van der Waals surface area (Å²) in [5.41, 5.74) is 7.27. The van der Waals surface area contributed by atoms with E-state index < -0.39 is 0 Å². The Morgan fingerprint density at radius 2 is 1.93 bits per heavy atom. The van der Waals surface area contributed by atoms with E-state index in [-0.39, 0.29) is 0 Å². The Morgan fingerprint density at radius 3 is 2.80 bits per heavy atom. The SMILES string of the molecule is Nc1ccc2c(c1)nc(Cl)c1cscc12. The lowest BCUT2D eigenvalue weighted by molar-refractivity contribution is 1.45. The number of hydrogen-bond acceptors (Lipinski definition) is 3. The molecule has 2 heterocycles. The smallest absolute Gasteiger partial charge is 0.138 e. The Hall–Kier alpha value is -1.32. The largest absolute Gasteiger partial charge is 0.399 e. The van der Waals surface area contributed by atoms with Gasteiger partial charge in [-0.2, -0.15) is 11.3 Å². The van der Waals surface area contributed by atoms with E-state index in [1.807, 2.05) is 23.6 Å². The predicted octanol–water partition coefficient (Wildman–Crippen LogP) is 3.69. The van der Waals surface area contributed by atoms with Crippen LogP contribution in [0.3, 0.4) is 0 Å². The minimum absolute atomic E-state index is 0.546. The molecule has 0 bridgehead atoms. The lowest BCUT2D eigenvalue weighted by atomic mass is 10.1. The van der Waals surface area contributed by atoms with E-state index in [0.29, 0.717) is 10.8 Å². The molecule has 2 aromatic heterocycles. The van der Waals surface area contributed by atoms with Gasteiger partial charge in [0, 0.05) is 27.2 Å². The lowest BCUT2D eigenvalue weighted by Crippen LogP contribution is -1.86. The topological polar surface area (TPSA) is 38.9 Å². The minimum atomic E-state index is 0.546. The summed E-state index contributed by atoms with van der Waals surface area (Å²) in [6, 6.07) is 5.72. The Kier molecular flexibility index (Phi) is 1.84. The second-order valence-electron chi connectivity index (χ2n) is 3.38. The van der Waals surface area contributed by atoms with Crippen molar-refractivity contribution in [1.29, 1.82) is 0 Å². The second kappa shape index (κ2) is 3.08. The van der Waals surface area contributed by atoms with Crippen molar-refractivity contribution in [3.8, 4) is 0 Å². The third-order valence-corrected chi connectivity index (χ3v) is 3.45. The Balaban J connectivity index is 2.60. The molecule has 0 fully saturated rings. The summed E-state index contributed by atoms with van der Waals surface area (Å²) in [5, 5.41) is 7.91. The molecule has 0 aliphatic carbocycles. The quantitative estimate of drug-likeness (QED) is 0.476. The van der Waals surface area contributed by atoms with Crippen molar-refractivity contribution in [2.75, 3.05) is 5.73 Å². The maximum Gasteiger partial charge on any atom is 0.138 e. The van der Waals surface area contributed by atoms with Crippen LogP contribution in [-0.4, -0.2) is 4.98 Å². The van der Waals surface area contributed by atoms with Gasteiger partial charge in [-0.1, -0.05) is 17.7 Å². The number of hydrogen-bond donors (Lipinski definition) is 1. The van der Waals surface area contributed by atoms with Crippen LogP contribution in [-0.2, 0) is 0 Å². The van der Waals surface area contributed by atoms with Crippen molar-refractivity contribution < 1.29 is 0 Å². The predicted molar refractivity (Wildman–Crippen MR) is 66.5 cm³/mol. The van der Waals surface area contributed by atoms with Crippen molar-refractivity contribution in [2.24, 2.45) is 0 Å². The first-order chi connectivity index (χ1) is 7.25. The zero-order chi connectivity index (χ0) is 10.4. The average Bonchev–Trinajstić information content (AvgIpc) is 2.66. The molecule has 0 saturated carbocycles. The summed E-state index contributed by atoms with van der Waals surface area (Å²) < 4.78 is 0. The first-order valence-corrected chi connectivity index (χ1v) is 5.78. The number of halogens is 1. The van der Waals surface area contributed by atoms with Gasteiger partial charge in [-0.05, 0) is 17.5 Å². The first-order valence-electron chi connectivity index (χ1n) is 4.46. The monoisotopic (exact) mass is 234 g/mol. The third-order valence-electron chi connectivity index (χ3n) is 2.41. The molecule has 0 aliphatic rings. The van der Waals surface area contributed by atoms with Gasteiger partial charge in [0.05, 0.1) is 5.52 Å². The number of nitrogen functional groups attached to an aromatic ring is 1. The fraction of sp³-hybridized carbons (Fsp3) is 0. The van der Waals surface area contributed by atoms with Crippen LogP contribution in [0.15, 0.2) is 29.0 Å². The summed E-state index contributed by atoms with van der Waals surface area (Å²) in [4.78, 5) is 4.33. The van der Waals surface area contributed by atoms with Gasteiger partial charge in [-0.15, -0.1) is 0 Å². The molecule has 4 heteroatoms. The van der Waals surface area contributed by atoms with Crippen LogP contribution in [0.25, 0.3) is 21.7 Å². The number of aromatic nitrogens is 1. The molecule has 0 atom stereocenters. The highest BCUT2D eigenvalue weighted by Crippen LogP contribution is 2.32. The molecule has 15 heavy (non-hydrogen) atoms. The van der Waals surface area contributed by atoms with Gasteiger partial charge in [-0.3, -0.25) is 0 Å². The van der Waals surface area contributed by atoms with E-state index in [2.05, 4.69) is 10.4 Å². The Bertz CT molecular complexity index is 660. The van der Waals surface area contributed by atoms with Gasteiger partial charge in [0.1, 0.15) is 5.15 Å². The normalized spacial score (nSPS) is 11.3. The number of thiophene rings is 1. The molecule has 0 spiro atoms. The Morgan fingerprint density at radius 1 is 1.13 bits per heavy atom. The van der Waals surface area contributed by atoms with E-state index in [9.17, 15) is 0 Å². The lowest BCUT2D eigenvalue weighted by Gasteiger charge is -2.02. The fourth-order valence-electron chi connectivity index (χ4n) is 1.70. The molecule has 3 aromatic rings.